The van der Waals surface area contributed by atoms with E-state index in [9.17, 15) is 5.11 Å². The summed E-state index contributed by atoms with van der Waals surface area (Å²) in [5.41, 5.74) is 3.42. The van der Waals surface area contributed by atoms with Crippen LogP contribution < -0.4 is 4.90 Å². The first kappa shape index (κ1) is 13.6. The summed E-state index contributed by atoms with van der Waals surface area (Å²) in [6.45, 7) is 1.77. The molecule has 0 bridgehead atoms. The van der Waals surface area contributed by atoms with Crippen LogP contribution in [0.15, 0.2) is 36.4 Å². The van der Waals surface area contributed by atoms with Gasteiger partial charge in [-0.15, -0.1) is 0 Å². The van der Waals surface area contributed by atoms with Crippen molar-refractivity contribution in [3.8, 4) is 5.75 Å². The highest BCUT2D eigenvalue weighted by Crippen LogP contribution is 2.32. The summed E-state index contributed by atoms with van der Waals surface area (Å²) >= 11 is 12.0. The number of hydrogen-bond donors (Lipinski definition) is 0. The maximum absolute atomic E-state index is 11.4. The monoisotopic (exact) mass is 306 g/mol. The Bertz CT molecular complexity index is 642. The van der Waals surface area contributed by atoms with Gasteiger partial charge in [-0.2, -0.15) is 0 Å². The van der Waals surface area contributed by atoms with Gasteiger partial charge in [-0.25, -0.2) is 0 Å². The lowest BCUT2D eigenvalue weighted by Gasteiger charge is -2.31. The van der Waals surface area contributed by atoms with Gasteiger partial charge in [0.15, 0.2) is 5.75 Å². The van der Waals surface area contributed by atoms with Gasteiger partial charge in [0.05, 0.1) is 10.0 Å². The Morgan fingerprint density at radius 2 is 1.90 bits per heavy atom. The fraction of sp³-hybridized carbons (Fsp3) is 0.250. The van der Waals surface area contributed by atoms with Crippen molar-refractivity contribution in [2.45, 2.75) is 19.4 Å². The quantitative estimate of drug-likeness (QED) is 0.758. The third-order valence-corrected chi connectivity index (χ3v) is 4.36. The van der Waals surface area contributed by atoms with Gasteiger partial charge in [0.1, 0.15) is 0 Å². The minimum atomic E-state index is 0.0835. The summed E-state index contributed by atoms with van der Waals surface area (Å²) in [4.78, 5) is 2.29. The molecule has 1 radical (unpaired) electrons. The normalized spacial score (nSPS) is 14.2. The number of aryl methyl sites for hydroxylation is 1. The number of rotatable bonds is 2. The zero-order valence-corrected chi connectivity index (χ0v) is 12.4. The van der Waals surface area contributed by atoms with Crippen LogP contribution in [-0.4, -0.2) is 6.54 Å². The van der Waals surface area contributed by atoms with Crippen LogP contribution in [-0.2, 0) is 18.1 Å². The standard InChI is InChI=1S/C16H14Cl2NO/c17-14-5-3-11(8-15(14)18)10-19-7-1-2-12-9-13(20)4-6-16(12)19/h3-6,8-9H,1-2,7,10H2. The Morgan fingerprint density at radius 3 is 2.70 bits per heavy atom. The minimum Gasteiger partial charge on any atom is -0.367 e. The zero-order chi connectivity index (χ0) is 14.1. The second-order valence-corrected chi connectivity index (χ2v) is 5.88. The molecule has 1 aliphatic heterocycles. The fourth-order valence-corrected chi connectivity index (χ4v) is 2.99. The molecule has 0 amide bonds. The van der Waals surface area contributed by atoms with Crippen molar-refractivity contribution >= 4 is 28.9 Å². The lowest BCUT2D eigenvalue weighted by Crippen LogP contribution is -2.28. The highest BCUT2D eigenvalue weighted by molar-refractivity contribution is 6.42. The average Bonchev–Trinajstić information content (AvgIpc) is 2.43. The molecule has 0 aromatic heterocycles. The predicted molar refractivity (Wildman–Crippen MR) is 82.4 cm³/mol. The topological polar surface area (TPSA) is 23.1 Å². The second-order valence-electron chi connectivity index (χ2n) is 5.06. The van der Waals surface area contributed by atoms with Crippen LogP contribution in [0.2, 0.25) is 10.0 Å². The number of halogens is 2. The molecule has 0 atom stereocenters. The predicted octanol–water partition coefficient (Wildman–Crippen LogP) is 5.09. The lowest BCUT2D eigenvalue weighted by atomic mass is 10.0. The van der Waals surface area contributed by atoms with Crippen LogP contribution in [0.5, 0.6) is 5.75 Å². The van der Waals surface area contributed by atoms with Crippen molar-refractivity contribution in [2.24, 2.45) is 0 Å². The molecule has 20 heavy (non-hydrogen) atoms. The van der Waals surface area contributed by atoms with E-state index in [-0.39, 0.29) is 5.75 Å². The summed E-state index contributed by atoms with van der Waals surface area (Å²) in [7, 11) is 0. The lowest BCUT2D eigenvalue weighted by molar-refractivity contribution is 0.354. The van der Waals surface area contributed by atoms with Crippen molar-refractivity contribution < 1.29 is 5.11 Å². The summed E-state index contributed by atoms with van der Waals surface area (Å²) in [6.07, 6.45) is 2.04. The van der Waals surface area contributed by atoms with E-state index in [1.54, 1.807) is 12.1 Å². The first-order chi connectivity index (χ1) is 9.63. The zero-order valence-electron chi connectivity index (χ0n) is 10.9. The first-order valence-electron chi connectivity index (χ1n) is 6.62. The Labute approximate surface area is 128 Å². The van der Waals surface area contributed by atoms with E-state index in [1.165, 1.54) is 0 Å². The number of fused-ring (bicyclic) bond motifs is 1. The van der Waals surface area contributed by atoms with Gasteiger partial charge in [0.2, 0.25) is 0 Å². The van der Waals surface area contributed by atoms with Crippen molar-refractivity contribution in [1.82, 2.24) is 0 Å². The molecule has 0 aliphatic carbocycles. The molecule has 0 spiro atoms. The van der Waals surface area contributed by atoms with Crippen molar-refractivity contribution in [3.63, 3.8) is 0 Å². The Kier molecular flexibility index (Phi) is 3.77. The molecule has 3 rings (SSSR count). The summed E-state index contributed by atoms with van der Waals surface area (Å²) in [5, 5.41) is 12.6. The number of hydrogen-bond acceptors (Lipinski definition) is 1. The molecule has 103 valence electrons. The summed E-state index contributed by atoms with van der Waals surface area (Å²) in [6, 6.07) is 11.0. The Morgan fingerprint density at radius 1 is 1.05 bits per heavy atom. The van der Waals surface area contributed by atoms with Gasteiger partial charge in [0.25, 0.3) is 0 Å². The van der Waals surface area contributed by atoms with Crippen LogP contribution in [0.1, 0.15) is 17.5 Å². The first-order valence-corrected chi connectivity index (χ1v) is 7.38. The van der Waals surface area contributed by atoms with E-state index in [4.69, 9.17) is 23.2 Å². The van der Waals surface area contributed by atoms with Gasteiger partial charge < -0.3 is 4.90 Å². The van der Waals surface area contributed by atoms with Crippen LogP contribution in [0.3, 0.4) is 0 Å². The number of anilines is 1. The third kappa shape index (κ3) is 2.72. The van der Waals surface area contributed by atoms with Crippen molar-refractivity contribution in [2.75, 3.05) is 11.4 Å². The molecule has 0 unspecified atom stereocenters. The van der Waals surface area contributed by atoms with Gasteiger partial charge in [-0.05, 0) is 54.3 Å². The summed E-state index contributed by atoms with van der Waals surface area (Å²) in [5.74, 6) is 0.0835. The molecule has 0 N–H and O–H groups in total. The number of benzene rings is 2. The molecule has 0 saturated carbocycles. The molecule has 0 saturated heterocycles. The van der Waals surface area contributed by atoms with Gasteiger partial charge in [-0.1, -0.05) is 29.3 Å². The largest absolute Gasteiger partial charge is 0.367 e. The molecule has 4 heteroatoms. The van der Waals surface area contributed by atoms with Gasteiger partial charge >= 0.3 is 0 Å². The molecule has 1 aliphatic rings. The van der Waals surface area contributed by atoms with Crippen LogP contribution in [0.25, 0.3) is 0 Å². The second kappa shape index (κ2) is 5.55. The highest BCUT2D eigenvalue weighted by Gasteiger charge is 2.17. The molecule has 2 aromatic rings. The maximum Gasteiger partial charge on any atom is 0.179 e. The van der Waals surface area contributed by atoms with Crippen molar-refractivity contribution in [1.29, 1.82) is 0 Å². The molecule has 2 aromatic carbocycles. The average molecular weight is 307 g/mol. The van der Waals surface area contributed by atoms with E-state index < -0.39 is 0 Å². The fourth-order valence-electron chi connectivity index (χ4n) is 2.67. The highest BCUT2D eigenvalue weighted by atomic mass is 35.5. The van der Waals surface area contributed by atoms with Gasteiger partial charge in [-0.3, -0.25) is 5.11 Å². The van der Waals surface area contributed by atoms with Crippen LogP contribution in [0, 0.1) is 0 Å². The maximum atomic E-state index is 11.4. The smallest absolute Gasteiger partial charge is 0.179 e. The van der Waals surface area contributed by atoms with Crippen LogP contribution >= 0.6 is 23.2 Å². The molecular weight excluding hydrogens is 293 g/mol. The Hall–Kier alpha value is -1.38. The SMILES string of the molecule is [O]c1ccc2c(c1)CCCN2Cc1ccc(Cl)c(Cl)c1. The van der Waals surface area contributed by atoms with E-state index >= 15 is 0 Å². The van der Waals surface area contributed by atoms with E-state index in [0.29, 0.717) is 10.0 Å². The van der Waals surface area contributed by atoms with Gasteiger partial charge in [0, 0.05) is 18.8 Å². The molecule has 2 nitrogen and oxygen atoms in total. The van der Waals surface area contributed by atoms with E-state index in [0.717, 1.165) is 42.7 Å². The minimum absolute atomic E-state index is 0.0835. The van der Waals surface area contributed by atoms with E-state index in [2.05, 4.69) is 4.90 Å². The molecule has 0 fully saturated rings. The third-order valence-electron chi connectivity index (χ3n) is 3.62. The molecule has 1 heterocycles. The van der Waals surface area contributed by atoms with Crippen molar-refractivity contribution in [3.05, 3.63) is 57.6 Å². The summed E-state index contributed by atoms with van der Waals surface area (Å²) < 4.78 is 0. The Balaban J connectivity index is 1.87. The molecular formula is C16H14Cl2NO. The number of nitrogens with zero attached hydrogens (tertiary/aromatic N) is 1. The van der Waals surface area contributed by atoms with E-state index in [1.807, 2.05) is 24.3 Å². The van der Waals surface area contributed by atoms with Crippen LogP contribution in [0.4, 0.5) is 5.69 Å².